The minimum atomic E-state index is -0.346. The molecule has 0 aliphatic carbocycles. The van der Waals surface area contributed by atoms with Gasteiger partial charge in [0.15, 0.2) is 0 Å². The first kappa shape index (κ1) is 8.90. The maximum atomic E-state index is 10.8. The Morgan fingerprint density at radius 2 is 2.29 bits per heavy atom. The molecule has 0 bridgehead atoms. The molecular weight excluding hydrogens is 178 g/mol. The quantitative estimate of drug-likeness (QED) is 0.653. The molecule has 1 aromatic carbocycles. The van der Waals surface area contributed by atoms with Crippen LogP contribution in [0.15, 0.2) is 29.4 Å². The minimum absolute atomic E-state index is 0.346. The molecule has 2 rings (SSSR count). The van der Waals surface area contributed by atoms with Gasteiger partial charge in [0, 0.05) is 12.1 Å². The van der Waals surface area contributed by atoms with E-state index in [0.717, 1.165) is 23.1 Å². The Balaban J connectivity index is 2.52. The standard InChI is InChI=1S/C10H11N3O/c11-5-9-7-3-1-2-4-8(7)10(6-14)13-12-9/h1-4,6,10,13H,5,11H2. The van der Waals surface area contributed by atoms with Crippen molar-refractivity contribution >= 4 is 12.0 Å². The monoisotopic (exact) mass is 189 g/mol. The fourth-order valence-corrected chi connectivity index (χ4v) is 1.57. The Bertz CT molecular complexity index is 387. The minimum Gasteiger partial charge on any atom is -0.325 e. The highest BCUT2D eigenvalue weighted by Crippen LogP contribution is 2.20. The number of nitrogens with two attached hydrogens (primary N) is 1. The summed E-state index contributed by atoms with van der Waals surface area (Å²) in [4.78, 5) is 10.8. The predicted molar refractivity (Wildman–Crippen MR) is 54.0 cm³/mol. The summed E-state index contributed by atoms with van der Waals surface area (Å²) in [5, 5.41) is 4.05. The number of rotatable bonds is 2. The molecule has 0 aromatic heterocycles. The lowest BCUT2D eigenvalue weighted by Crippen LogP contribution is -2.30. The Morgan fingerprint density at radius 3 is 3.00 bits per heavy atom. The van der Waals surface area contributed by atoms with Crippen LogP contribution < -0.4 is 11.2 Å². The van der Waals surface area contributed by atoms with Gasteiger partial charge in [0.25, 0.3) is 0 Å². The van der Waals surface area contributed by atoms with E-state index in [2.05, 4.69) is 10.5 Å². The van der Waals surface area contributed by atoms with E-state index in [9.17, 15) is 4.79 Å². The summed E-state index contributed by atoms with van der Waals surface area (Å²) >= 11 is 0. The number of nitrogens with zero attached hydrogens (tertiary/aromatic N) is 1. The number of fused-ring (bicyclic) bond motifs is 1. The molecule has 1 atom stereocenters. The van der Waals surface area contributed by atoms with Gasteiger partial charge in [0.05, 0.1) is 5.71 Å². The predicted octanol–water partition coefficient (Wildman–Crippen LogP) is 0.193. The number of hydrogen-bond acceptors (Lipinski definition) is 4. The van der Waals surface area contributed by atoms with E-state index in [1.165, 1.54) is 0 Å². The van der Waals surface area contributed by atoms with Gasteiger partial charge in [0.2, 0.25) is 0 Å². The molecule has 1 heterocycles. The van der Waals surface area contributed by atoms with Gasteiger partial charge in [-0.25, -0.2) is 0 Å². The largest absolute Gasteiger partial charge is 0.325 e. The number of hydrogen-bond donors (Lipinski definition) is 2. The van der Waals surface area contributed by atoms with Crippen molar-refractivity contribution in [2.75, 3.05) is 6.54 Å². The Kier molecular flexibility index (Phi) is 2.28. The van der Waals surface area contributed by atoms with E-state index in [0.29, 0.717) is 6.54 Å². The van der Waals surface area contributed by atoms with Gasteiger partial charge in [-0.1, -0.05) is 24.3 Å². The molecule has 14 heavy (non-hydrogen) atoms. The van der Waals surface area contributed by atoms with E-state index >= 15 is 0 Å². The summed E-state index contributed by atoms with van der Waals surface area (Å²) in [6, 6.07) is 7.30. The van der Waals surface area contributed by atoms with Gasteiger partial charge in [0.1, 0.15) is 12.3 Å². The van der Waals surface area contributed by atoms with Gasteiger partial charge in [-0.15, -0.1) is 0 Å². The van der Waals surface area contributed by atoms with E-state index in [4.69, 9.17) is 5.73 Å². The van der Waals surface area contributed by atoms with Crippen LogP contribution in [-0.2, 0) is 4.79 Å². The van der Waals surface area contributed by atoms with E-state index in [1.807, 2.05) is 24.3 Å². The molecule has 1 aromatic rings. The second kappa shape index (κ2) is 3.59. The van der Waals surface area contributed by atoms with Crippen LogP contribution in [0.4, 0.5) is 0 Å². The van der Waals surface area contributed by atoms with Crippen LogP contribution in [-0.4, -0.2) is 18.5 Å². The van der Waals surface area contributed by atoms with Crippen LogP contribution in [0.1, 0.15) is 17.2 Å². The van der Waals surface area contributed by atoms with E-state index in [-0.39, 0.29) is 6.04 Å². The zero-order chi connectivity index (χ0) is 9.97. The molecule has 4 heteroatoms. The maximum absolute atomic E-state index is 10.8. The molecule has 0 saturated carbocycles. The average Bonchev–Trinajstić information content (AvgIpc) is 2.27. The van der Waals surface area contributed by atoms with Crippen molar-refractivity contribution in [2.24, 2.45) is 10.8 Å². The van der Waals surface area contributed by atoms with Crippen molar-refractivity contribution in [1.29, 1.82) is 0 Å². The number of carbonyl (C=O) groups excluding carboxylic acids is 1. The highest BCUT2D eigenvalue weighted by Gasteiger charge is 2.20. The molecule has 0 fully saturated rings. The molecule has 1 unspecified atom stereocenters. The van der Waals surface area contributed by atoms with Crippen molar-refractivity contribution in [3.63, 3.8) is 0 Å². The summed E-state index contributed by atoms with van der Waals surface area (Å²) in [6.07, 6.45) is 0.843. The summed E-state index contributed by atoms with van der Waals surface area (Å²) in [7, 11) is 0. The van der Waals surface area contributed by atoms with Gasteiger partial charge < -0.3 is 10.5 Å². The van der Waals surface area contributed by atoms with E-state index < -0.39 is 0 Å². The average molecular weight is 189 g/mol. The van der Waals surface area contributed by atoms with E-state index in [1.54, 1.807) is 0 Å². The Hall–Kier alpha value is -1.68. The summed E-state index contributed by atoms with van der Waals surface area (Å²) in [6.45, 7) is 0.371. The number of carbonyl (C=O) groups is 1. The first-order valence-electron chi connectivity index (χ1n) is 4.43. The zero-order valence-corrected chi connectivity index (χ0v) is 7.60. The molecule has 0 saturated heterocycles. The number of aldehydes is 1. The third-order valence-corrected chi connectivity index (χ3v) is 2.27. The smallest absolute Gasteiger partial charge is 0.148 e. The fourth-order valence-electron chi connectivity index (χ4n) is 1.57. The van der Waals surface area contributed by atoms with Crippen molar-refractivity contribution in [1.82, 2.24) is 5.43 Å². The molecule has 1 aliphatic rings. The number of nitrogens with one attached hydrogen (secondary N) is 1. The third-order valence-electron chi connectivity index (χ3n) is 2.27. The highest BCUT2D eigenvalue weighted by molar-refractivity contribution is 6.04. The van der Waals surface area contributed by atoms with Crippen molar-refractivity contribution in [3.05, 3.63) is 35.4 Å². The second-order valence-electron chi connectivity index (χ2n) is 3.09. The highest BCUT2D eigenvalue weighted by atomic mass is 16.1. The fraction of sp³-hybridized carbons (Fsp3) is 0.200. The maximum Gasteiger partial charge on any atom is 0.148 e. The third kappa shape index (κ3) is 1.29. The molecule has 0 spiro atoms. The lowest BCUT2D eigenvalue weighted by Gasteiger charge is -2.21. The second-order valence-corrected chi connectivity index (χ2v) is 3.09. The topological polar surface area (TPSA) is 67.5 Å². The first-order valence-corrected chi connectivity index (χ1v) is 4.43. The van der Waals surface area contributed by atoms with Crippen molar-refractivity contribution < 1.29 is 4.79 Å². The Labute approximate surface area is 81.8 Å². The molecule has 3 N–H and O–H groups in total. The van der Waals surface area contributed by atoms with Crippen LogP contribution in [0.3, 0.4) is 0 Å². The molecule has 4 nitrogen and oxygen atoms in total. The zero-order valence-electron chi connectivity index (χ0n) is 7.60. The first-order chi connectivity index (χ1) is 6.86. The van der Waals surface area contributed by atoms with Crippen molar-refractivity contribution in [2.45, 2.75) is 6.04 Å². The van der Waals surface area contributed by atoms with Crippen LogP contribution in [0, 0.1) is 0 Å². The van der Waals surface area contributed by atoms with Gasteiger partial charge in [-0.3, -0.25) is 5.43 Å². The summed E-state index contributed by atoms with van der Waals surface area (Å²) in [5.41, 5.74) is 11.0. The lowest BCUT2D eigenvalue weighted by molar-refractivity contribution is -0.109. The van der Waals surface area contributed by atoms with Crippen LogP contribution in [0.25, 0.3) is 0 Å². The number of benzene rings is 1. The van der Waals surface area contributed by atoms with Crippen molar-refractivity contribution in [3.8, 4) is 0 Å². The molecular formula is C10H11N3O. The Morgan fingerprint density at radius 1 is 1.50 bits per heavy atom. The summed E-state index contributed by atoms with van der Waals surface area (Å²) in [5.74, 6) is 0. The number of hydrazone groups is 1. The lowest BCUT2D eigenvalue weighted by atomic mass is 9.97. The normalized spacial score (nSPS) is 19.2. The summed E-state index contributed by atoms with van der Waals surface area (Å²) < 4.78 is 0. The van der Waals surface area contributed by atoms with Crippen LogP contribution in [0.5, 0.6) is 0 Å². The molecule has 1 aliphatic heterocycles. The van der Waals surface area contributed by atoms with Gasteiger partial charge >= 0.3 is 0 Å². The molecule has 72 valence electrons. The SMILES string of the molecule is NCC1=NNC(C=O)c2ccccc21. The molecule has 0 radical (unpaired) electrons. The van der Waals surface area contributed by atoms with Gasteiger partial charge in [-0.2, -0.15) is 5.10 Å². The van der Waals surface area contributed by atoms with Gasteiger partial charge in [-0.05, 0) is 5.56 Å². The van der Waals surface area contributed by atoms with Crippen LogP contribution >= 0.6 is 0 Å². The van der Waals surface area contributed by atoms with Crippen LogP contribution in [0.2, 0.25) is 0 Å². The molecule has 0 amide bonds.